The molecule has 152 valence electrons. The molecular formula is C16H28O8S2. The van der Waals surface area contributed by atoms with E-state index in [0.29, 0.717) is 12.5 Å². The van der Waals surface area contributed by atoms with Crippen LogP contribution in [0.25, 0.3) is 0 Å². The topological polar surface area (TPSA) is 130 Å². The van der Waals surface area contributed by atoms with Gasteiger partial charge in [-0.1, -0.05) is 24.3 Å². The van der Waals surface area contributed by atoms with E-state index in [2.05, 4.69) is 30.5 Å². The molecule has 0 radical (unpaired) electrons. The highest BCUT2D eigenvalue weighted by Crippen LogP contribution is 2.12. The summed E-state index contributed by atoms with van der Waals surface area (Å²) in [6, 6.07) is 0. The van der Waals surface area contributed by atoms with Gasteiger partial charge in [0, 0.05) is 0 Å². The van der Waals surface area contributed by atoms with Gasteiger partial charge in [-0.25, -0.2) is 0 Å². The van der Waals surface area contributed by atoms with Crippen LogP contribution in [0.1, 0.15) is 12.8 Å². The number of hydrogen-bond donors (Lipinski definition) is 2. The quantitative estimate of drug-likeness (QED) is 0.226. The molecule has 0 amide bonds. The van der Waals surface area contributed by atoms with Crippen molar-refractivity contribution in [3.63, 3.8) is 0 Å². The molecule has 0 aromatic heterocycles. The van der Waals surface area contributed by atoms with Gasteiger partial charge in [-0.3, -0.25) is 8.74 Å². The largest absolute Gasteiger partial charge is 0.390 e. The monoisotopic (exact) mass is 412 g/mol. The molecule has 10 heteroatoms. The molecule has 0 aromatic rings. The summed E-state index contributed by atoms with van der Waals surface area (Å²) in [7, 11) is -7.35. The molecule has 2 N–H and O–H groups in total. The van der Waals surface area contributed by atoms with Crippen molar-refractivity contribution < 1.29 is 35.4 Å². The lowest BCUT2D eigenvalue weighted by Gasteiger charge is -2.07. The van der Waals surface area contributed by atoms with Crippen molar-refractivity contribution in [1.29, 1.82) is 0 Å². The molecule has 1 aliphatic heterocycles. The number of hydrogen-bond acceptors (Lipinski definition) is 7. The van der Waals surface area contributed by atoms with E-state index in [1.165, 1.54) is 12.2 Å². The highest BCUT2D eigenvalue weighted by atomic mass is 32.2. The zero-order chi connectivity index (χ0) is 20.6. The van der Waals surface area contributed by atoms with Crippen LogP contribution in [0.4, 0.5) is 0 Å². The Balaban J connectivity index is 0. The Bertz CT molecular complexity index is 619. The van der Waals surface area contributed by atoms with Crippen molar-refractivity contribution in [2.75, 3.05) is 24.7 Å². The van der Waals surface area contributed by atoms with E-state index in [4.69, 9.17) is 14.4 Å². The van der Waals surface area contributed by atoms with Gasteiger partial charge in [-0.2, -0.15) is 16.8 Å². The summed E-state index contributed by atoms with van der Waals surface area (Å²) in [5, 5.41) is 9.09. The van der Waals surface area contributed by atoms with Crippen molar-refractivity contribution >= 4 is 20.2 Å². The Labute approximate surface area is 156 Å². The second-order valence-electron chi connectivity index (χ2n) is 4.99. The van der Waals surface area contributed by atoms with Crippen LogP contribution < -0.4 is 0 Å². The van der Waals surface area contributed by atoms with E-state index in [9.17, 15) is 16.8 Å². The third kappa shape index (κ3) is 22.7. The van der Waals surface area contributed by atoms with Gasteiger partial charge in [0.25, 0.3) is 20.2 Å². The first-order valence-corrected chi connectivity index (χ1v) is 10.8. The number of aliphatic hydroxyl groups excluding tert-OH is 1. The third-order valence-corrected chi connectivity index (χ3v) is 4.16. The highest BCUT2D eigenvalue weighted by Gasteiger charge is 2.19. The van der Waals surface area contributed by atoms with Gasteiger partial charge in [0.2, 0.25) is 0 Å². The fourth-order valence-corrected chi connectivity index (χ4v) is 2.22. The summed E-state index contributed by atoms with van der Waals surface area (Å²) in [6.45, 7) is 14.1. The van der Waals surface area contributed by atoms with E-state index in [1.807, 2.05) is 6.08 Å². The van der Waals surface area contributed by atoms with Crippen LogP contribution in [-0.4, -0.2) is 63.4 Å². The fraction of sp³-hybridized carbons (Fsp3) is 0.500. The zero-order valence-electron chi connectivity index (χ0n) is 14.7. The van der Waals surface area contributed by atoms with E-state index in [1.54, 1.807) is 0 Å². The molecule has 2 atom stereocenters. The number of rotatable bonds is 11. The van der Waals surface area contributed by atoms with Gasteiger partial charge in [0.15, 0.2) is 0 Å². The number of aliphatic hydroxyl groups is 1. The van der Waals surface area contributed by atoms with Gasteiger partial charge in [0.1, 0.15) is 0 Å². The summed E-state index contributed by atoms with van der Waals surface area (Å²) >= 11 is 0. The van der Waals surface area contributed by atoms with Gasteiger partial charge >= 0.3 is 0 Å². The molecule has 1 rings (SSSR count). The standard InChI is InChI=1S/C8H14O4S.C5H8O.C3H6O3S/c1-3-5-8(9)7-12-13(10,11)6-4-2;1-2-3-5-4-6-5;1-2-3-7(4,5)6/h3-4,8-9H,1-2,5-7H2;2,5H,1,3-4H2;2H,1,3H2,(H,4,5,6). The predicted octanol–water partition coefficient (Wildman–Crippen LogP) is 1.48. The maximum absolute atomic E-state index is 10.9. The Kier molecular flexibility index (Phi) is 15.4. The van der Waals surface area contributed by atoms with E-state index >= 15 is 0 Å². The lowest BCUT2D eigenvalue weighted by Crippen LogP contribution is -2.19. The Morgan fingerprint density at radius 2 is 1.58 bits per heavy atom. The smallest absolute Gasteiger partial charge is 0.271 e. The van der Waals surface area contributed by atoms with Gasteiger partial charge < -0.3 is 9.84 Å². The molecule has 0 aromatic carbocycles. The van der Waals surface area contributed by atoms with Crippen LogP contribution in [0, 0.1) is 0 Å². The van der Waals surface area contributed by atoms with Crippen molar-refractivity contribution in [2.24, 2.45) is 0 Å². The minimum Gasteiger partial charge on any atom is -0.390 e. The van der Waals surface area contributed by atoms with Crippen molar-refractivity contribution in [1.82, 2.24) is 0 Å². The first-order chi connectivity index (χ1) is 12.0. The Hall–Kier alpha value is -1.30. The molecule has 0 saturated carbocycles. The van der Waals surface area contributed by atoms with E-state index in [0.717, 1.165) is 19.1 Å². The van der Waals surface area contributed by atoms with Gasteiger partial charge in [-0.05, 0) is 12.8 Å². The van der Waals surface area contributed by atoms with Crippen molar-refractivity contribution in [3.8, 4) is 0 Å². The Morgan fingerprint density at radius 1 is 1.04 bits per heavy atom. The Morgan fingerprint density at radius 3 is 1.85 bits per heavy atom. The fourth-order valence-electron chi connectivity index (χ4n) is 1.17. The lowest BCUT2D eigenvalue weighted by molar-refractivity contribution is 0.113. The molecule has 0 bridgehead atoms. The average Bonchev–Trinajstić information content (AvgIpc) is 3.30. The van der Waals surface area contributed by atoms with Crippen LogP contribution in [0.3, 0.4) is 0 Å². The molecular weight excluding hydrogens is 384 g/mol. The second kappa shape index (κ2) is 14.8. The first-order valence-electron chi connectivity index (χ1n) is 7.56. The third-order valence-electron chi connectivity index (χ3n) is 2.36. The molecule has 1 aliphatic rings. The summed E-state index contributed by atoms with van der Waals surface area (Å²) in [5.74, 6) is -0.610. The predicted molar refractivity (Wildman–Crippen MR) is 102 cm³/mol. The zero-order valence-corrected chi connectivity index (χ0v) is 16.3. The van der Waals surface area contributed by atoms with Crippen molar-refractivity contribution in [2.45, 2.75) is 25.0 Å². The van der Waals surface area contributed by atoms with E-state index in [-0.39, 0.29) is 18.1 Å². The minimum absolute atomic E-state index is 0.234. The molecule has 26 heavy (non-hydrogen) atoms. The van der Waals surface area contributed by atoms with Crippen molar-refractivity contribution in [3.05, 3.63) is 50.6 Å². The molecule has 2 unspecified atom stereocenters. The molecule has 8 nitrogen and oxygen atoms in total. The molecule has 1 saturated heterocycles. The maximum atomic E-state index is 10.9. The number of epoxide rings is 1. The van der Waals surface area contributed by atoms with Crippen LogP contribution >= 0.6 is 0 Å². The van der Waals surface area contributed by atoms with Crippen LogP contribution in [0.15, 0.2) is 50.6 Å². The first kappa shape index (κ1) is 26.9. The number of ether oxygens (including phenoxy) is 1. The average molecular weight is 413 g/mol. The molecule has 0 aliphatic carbocycles. The SMILES string of the molecule is C=CCC(O)COS(=O)(=O)CC=C.C=CCC1CO1.C=CCS(=O)(=O)O. The van der Waals surface area contributed by atoms with Crippen LogP contribution in [0.2, 0.25) is 0 Å². The molecule has 1 heterocycles. The molecule has 0 spiro atoms. The normalized spacial score (nSPS) is 16.6. The maximum Gasteiger partial charge on any atom is 0.271 e. The second-order valence-corrected chi connectivity index (χ2v) is 8.17. The minimum atomic E-state index is -3.79. The van der Waals surface area contributed by atoms with Crippen LogP contribution in [-0.2, 0) is 29.2 Å². The summed E-state index contributed by atoms with van der Waals surface area (Å²) in [6.07, 6.45) is 6.78. The lowest BCUT2D eigenvalue weighted by atomic mass is 10.3. The van der Waals surface area contributed by atoms with Gasteiger partial charge in [0.05, 0.1) is 36.9 Å². The highest BCUT2D eigenvalue weighted by molar-refractivity contribution is 7.86. The summed E-state index contributed by atoms with van der Waals surface area (Å²) < 4.78 is 58.5. The van der Waals surface area contributed by atoms with Crippen LogP contribution in [0.5, 0.6) is 0 Å². The van der Waals surface area contributed by atoms with E-state index < -0.39 is 26.3 Å². The summed E-state index contributed by atoms with van der Waals surface area (Å²) in [4.78, 5) is 0. The molecule has 1 fully saturated rings. The summed E-state index contributed by atoms with van der Waals surface area (Å²) in [5.41, 5.74) is 0. The van der Waals surface area contributed by atoms with Gasteiger partial charge in [-0.15, -0.1) is 26.3 Å².